The first-order chi connectivity index (χ1) is 14.2. The molecule has 0 fully saturated rings. The summed E-state index contributed by atoms with van der Waals surface area (Å²) in [6.07, 6.45) is 0.964. The maximum absolute atomic E-state index is 12.8. The van der Waals surface area contributed by atoms with Crippen LogP contribution in [-0.4, -0.2) is 18.4 Å². The van der Waals surface area contributed by atoms with Gasteiger partial charge in [0.15, 0.2) is 0 Å². The summed E-state index contributed by atoms with van der Waals surface area (Å²) in [5.74, 6) is -0.0185. The van der Waals surface area contributed by atoms with Crippen molar-refractivity contribution in [3.05, 3.63) is 84.4 Å². The highest BCUT2D eigenvalue weighted by Crippen LogP contribution is 2.37. The topological polar surface area (TPSA) is 49.4 Å². The molecular formula is C25H20N2O2. The predicted octanol–water partition coefficient (Wildman–Crippen LogP) is 5.37. The third-order valence-electron chi connectivity index (χ3n) is 5.50. The number of carbonyl (C=O) groups excluding carboxylic acids is 2. The molecule has 0 radical (unpaired) electrons. The van der Waals surface area contributed by atoms with Gasteiger partial charge in [0.05, 0.1) is 5.69 Å². The zero-order valence-corrected chi connectivity index (χ0v) is 15.9. The number of carbonyl (C=O) groups is 2. The Morgan fingerprint density at radius 3 is 2.45 bits per heavy atom. The molecule has 4 nitrogen and oxygen atoms in total. The second-order valence-electron chi connectivity index (χ2n) is 7.32. The summed E-state index contributed by atoms with van der Waals surface area (Å²) in [5.41, 5.74) is 2.51. The van der Waals surface area contributed by atoms with Crippen molar-refractivity contribution in [2.75, 3.05) is 16.8 Å². The van der Waals surface area contributed by atoms with E-state index in [1.807, 2.05) is 78.9 Å². The molecule has 4 aromatic carbocycles. The van der Waals surface area contributed by atoms with Crippen LogP contribution in [-0.2, 0) is 4.79 Å². The molecule has 2 amide bonds. The average Bonchev–Trinajstić information content (AvgIpc) is 3.02. The lowest BCUT2D eigenvalue weighted by Gasteiger charge is -2.17. The molecule has 5 rings (SSSR count). The monoisotopic (exact) mass is 380 g/mol. The third-order valence-corrected chi connectivity index (χ3v) is 5.50. The van der Waals surface area contributed by atoms with Crippen LogP contribution in [0, 0.1) is 0 Å². The second-order valence-corrected chi connectivity index (χ2v) is 7.32. The van der Waals surface area contributed by atoms with Gasteiger partial charge in [0.1, 0.15) is 0 Å². The standard InChI is InChI=1S/C25H20N2O2/c28-23(26-21-13-4-8-17-7-1-2-11-19(17)21)15-6-16-27-22-14-5-10-18-9-3-12-20(24(18)22)25(27)29/h1-5,7-14H,6,15-16H2,(H,26,28). The number of anilines is 2. The Morgan fingerprint density at radius 1 is 0.828 bits per heavy atom. The molecule has 0 spiro atoms. The molecule has 1 heterocycles. The van der Waals surface area contributed by atoms with Crippen molar-refractivity contribution in [2.45, 2.75) is 12.8 Å². The first-order valence-corrected chi connectivity index (χ1v) is 9.83. The highest BCUT2D eigenvalue weighted by Gasteiger charge is 2.28. The quantitative estimate of drug-likeness (QED) is 0.506. The summed E-state index contributed by atoms with van der Waals surface area (Å²) in [5, 5.41) is 7.23. The van der Waals surface area contributed by atoms with Gasteiger partial charge in [-0.25, -0.2) is 0 Å². The minimum Gasteiger partial charge on any atom is -0.326 e. The number of amides is 2. The SMILES string of the molecule is O=C(CCCN1C(=O)c2cccc3cccc1c23)Nc1cccc2ccccc12. The highest BCUT2D eigenvalue weighted by atomic mass is 16.2. The number of nitrogens with one attached hydrogen (secondary N) is 1. The molecule has 0 atom stereocenters. The van der Waals surface area contributed by atoms with E-state index in [0.717, 1.165) is 38.5 Å². The summed E-state index contributed by atoms with van der Waals surface area (Å²) in [4.78, 5) is 27.1. The van der Waals surface area contributed by atoms with E-state index in [1.54, 1.807) is 4.90 Å². The molecule has 4 heteroatoms. The Bertz CT molecular complexity index is 1250. The van der Waals surface area contributed by atoms with Gasteiger partial charge in [-0.05, 0) is 35.4 Å². The lowest BCUT2D eigenvalue weighted by atomic mass is 10.1. The number of benzene rings is 4. The van der Waals surface area contributed by atoms with E-state index in [-0.39, 0.29) is 11.8 Å². The molecule has 0 saturated heterocycles. The zero-order valence-electron chi connectivity index (χ0n) is 15.9. The minimum atomic E-state index is -0.0382. The van der Waals surface area contributed by atoms with Crippen molar-refractivity contribution in [3.8, 4) is 0 Å². The molecule has 0 aromatic heterocycles. The van der Waals surface area contributed by atoms with Crippen molar-refractivity contribution in [1.82, 2.24) is 0 Å². The van der Waals surface area contributed by atoms with E-state index >= 15 is 0 Å². The van der Waals surface area contributed by atoms with Gasteiger partial charge in [0, 0.05) is 35.0 Å². The first-order valence-electron chi connectivity index (χ1n) is 9.83. The molecule has 142 valence electrons. The van der Waals surface area contributed by atoms with Crippen LogP contribution in [0.5, 0.6) is 0 Å². The number of hydrogen-bond donors (Lipinski definition) is 1. The maximum atomic E-state index is 12.8. The fourth-order valence-corrected chi connectivity index (χ4v) is 4.15. The normalized spacial score (nSPS) is 12.7. The van der Waals surface area contributed by atoms with Crippen LogP contribution in [0.4, 0.5) is 11.4 Å². The van der Waals surface area contributed by atoms with Crippen LogP contribution in [0.15, 0.2) is 78.9 Å². The van der Waals surface area contributed by atoms with Crippen molar-refractivity contribution in [2.24, 2.45) is 0 Å². The van der Waals surface area contributed by atoms with Gasteiger partial charge in [-0.15, -0.1) is 0 Å². The molecule has 0 aliphatic carbocycles. The van der Waals surface area contributed by atoms with E-state index < -0.39 is 0 Å². The van der Waals surface area contributed by atoms with Gasteiger partial charge >= 0.3 is 0 Å². The van der Waals surface area contributed by atoms with Crippen LogP contribution < -0.4 is 10.2 Å². The van der Waals surface area contributed by atoms with Crippen LogP contribution in [0.1, 0.15) is 23.2 Å². The fourth-order valence-electron chi connectivity index (χ4n) is 4.15. The van der Waals surface area contributed by atoms with Crippen LogP contribution >= 0.6 is 0 Å². The summed E-state index contributed by atoms with van der Waals surface area (Å²) < 4.78 is 0. The smallest absolute Gasteiger partial charge is 0.258 e. The molecule has 0 saturated carbocycles. The van der Waals surface area contributed by atoms with Crippen LogP contribution in [0.2, 0.25) is 0 Å². The Hall–Kier alpha value is -3.66. The predicted molar refractivity (Wildman–Crippen MR) is 117 cm³/mol. The molecule has 0 unspecified atom stereocenters. The van der Waals surface area contributed by atoms with Gasteiger partial charge in [0.25, 0.3) is 5.91 Å². The van der Waals surface area contributed by atoms with E-state index in [4.69, 9.17) is 0 Å². The lowest BCUT2D eigenvalue weighted by molar-refractivity contribution is -0.116. The third kappa shape index (κ3) is 3.03. The van der Waals surface area contributed by atoms with E-state index in [1.165, 1.54) is 0 Å². The number of hydrogen-bond acceptors (Lipinski definition) is 2. The summed E-state index contributed by atoms with van der Waals surface area (Å²) in [7, 11) is 0. The summed E-state index contributed by atoms with van der Waals surface area (Å²) >= 11 is 0. The van der Waals surface area contributed by atoms with Crippen molar-refractivity contribution in [3.63, 3.8) is 0 Å². The first kappa shape index (κ1) is 17.4. The fraction of sp³-hybridized carbons (Fsp3) is 0.120. The van der Waals surface area contributed by atoms with Gasteiger partial charge in [-0.1, -0.05) is 60.7 Å². The number of rotatable bonds is 5. The Labute approximate surface area is 168 Å². The van der Waals surface area contributed by atoms with Crippen molar-refractivity contribution in [1.29, 1.82) is 0 Å². The number of fused-ring (bicyclic) bond motifs is 1. The van der Waals surface area contributed by atoms with E-state index in [9.17, 15) is 9.59 Å². The number of nitrogens with zero attached hydrogens (tertiary/aromatic N) is 1. The molecule has 0 bridgehead atoms. The van der Waals surface area contributed by atoms with E-state index in [0.29, 0.717) is 19.4 Å². The molecule has 4 aromatic rings. The average molecular weight is 380 g/mol. The molecule has 29 heavy (non-hydrogen) atoms. The van der Waals surface area contributed by atoms with Gasteiger partial charge in [-0.3, -0.25) is 9.59 Å². The minimum absolute atomic E-state index is 0.0197. The zero-order chi connectivity index (χ0) is 19.8. The second kappa shape index (κ2) is 7.06. The van der Waals surface area contributed by atoms with Gasteiger partial charge < -0.3 is 10.2 Å². The summed E-state index contributed by atoms with van der Waals surface area (Å²) in [6, 6.07) is 25.7. The van der Waals surface area contributed by atoms with Crippen molar-refractivity contribution >= 4 is 44.7 Å². The molecule has 1 aliphatic heterocycles. The summed E-state index contributed by atoms with van der Waals surface area (Å²) in [6.45, 7) is 0.523. The molecular weight excluding hydrogens is 360 g/mol. The van der Waals surface area contributed by atoms with Crippen LogP contribution in [0.3, 0.4) is 0 Å². The Balaban J connectivity index is 1.27. The van der Waals surface area contributed by atoms with Crippen molar-refractivity contribution < 1.29 is 9.59 Å². The largest absolute Gasteiger partial charge is 0.326 e. The lowest BCUT2D eigenvalue weighted by Crippen LogP contribution is -2.28. The maximum Gasteiger partial charge on any atom is 0.258 e. The highest BCUT2D eigenvalue weighted by molar-refractivity contribution is 6.25. The molecule has 1 aliphatic rings. The Morgan fingerprint density at radius 2 is 1.55 bits per heavy atom. The van der Waals surface area contributed by atoms with Gasteiger partial charge in [0.2, 0.25) is 5.91 Å². The van der Waals surface area contributed by atoms with Crippen LogP contribution in [0.25, 0.3) is 21.5 Å². The molecule has 1 N–H and O–H groups in total. The van der Waals surface area contributed by atoms with Gasteiger partial charge in [-0.2, -0.15) is 0 Å². The van der Waals surface area contributed by atoms with E-state index in [2.05, 4.69) is 5.32 Å². The Kier molecular flexibility index (Phi) is 4.24.